The van der Waals surface area contributed by atoms with E-state index in [1.54, 1.807) is 18.5 Å². The van der Waals surface area contributed by atoms with Crippen molar-refractivity contribution in [2.24, 2.45) is 0 Å². The van der Waals surface area contributed by atoms with E-state index < -0.39 is 18.3 Å². The minimum absolute atomic E-state index is 0.403. The van der Waals surface area contributed by atoms with Crippen LogP contribution in [0.3, 0.4) is 0 Å². The molecule has 0 saturated carbocycles. The lowest BCUT2D eigenvalue weighted by molar-refractivity contribution is 0.00578. The molecule has 0 aromatic carbocycles. The quantitative estimate of drug-likeness (QED) is 0.681. The number of pyridine rings is 1. The van der Waals surface area contributed by atoms with E-state index in [2.05, 4.69) is 11.1 Å². The molecule has 1 saturated heterocycles. The van der Waals surface area contributed by atoms with Gasteiger partial charge in [0.05, 0.1) is 22.8 Å². The second-order valence-electron chi connectivity index (χ2n) is 5.16. The third kappa shape index (κ3) is 1.94. The minimum Gasteiger partial charge on any atom is -0.399 e. The van der Waals surface area contributed by atoms with Gasteiger partial charge in [-0.3, -0.25) is 4.98 Å². The van der Waals surface area contributed by atoms with Crippen molar-refractivity contribution >= 4 is 12.6 Å². The van der Waals surface area contributed by atoms with Gasteiger partial charge in [0.1, 0.15) is 0 Å². The Morgan fingerprint density at radius 2 is 1.82 bits per heavy atom. The Kier molecular flexibility index (Phi) is 2.72. The average molecular weight is 230 g/mol. The van der Waals surface area contributed by atoms with Crippen LogP contribution in [0.25, 0.3) is 0 Å². The average Bonchev–Trinajstić information content (AvgIpc) is 2.48. The van der Waals surface area contributed by atoms with Crippen LogP contribution in [-0.4, -0.2) is 23.3 Å². The third-order valence-electron chi connectivity index (χ3n) is 3.48. The highest BCUT2D eigenvalue weighted by Gasteiger charge is 2.52. The Labute approximate surface area is 102 Å². The summed E-state index contributed by atoms with van der Waals surface area (Å²) in [4.78, 5) is 4.02. The molecule has 0 aliphatic carbocycles. The number of rotatable bonds is 1. The van der Waals surface area contributed by atoms with Crippen molar-refractivity contribution in [3.63, 3.8) is 0 Å². The zero-order valence-electron chi connectivity index (χ0n) is 10.5. The Hall–Kier alpha value is -1.38. The van der Waals surface area contributed by atoms with E-state index in [9.17, 15) is 0 Å². The van der Waals surface area contributed by atoms with Crippen molar-refractivity contribution in [3.05, 3.63) is 24.0 Å². The summed E-state index contributed by atoms with van der Waals surface area (Å²) in [5, 5.41) is 9.05. The zero-order chi connectivity index (χ0) is 12.7. The van der Waals surface area contributed by atoms with Crippen LogP contribution in [0, 0.1) is 11.3 Å². The van der Waals surface area contributed by atoms with Crippen molar-refractivity contribution in [1.29, 1.82) is 5.26 Å². The summed E-state index contributed by atoms with van der Waals surface area (Å²) >= 11 is 0. The molecule has 0 unspecified atom stereocenters. The molecule has 5 heteroatoms. The minimum atomic E-state index is -0.525. The Morgan fingerprint density at radius 3 is 2.35 bits per heavy atom. The molecule has 0 N–H and O–H groups in total. The van der Waals surface area contributed by atoms with Crippen molar-refractivity contribution in [2.45, 2.75) is 38.9 Å². The van der Waals surface area contributed by atoms with Gasteiger partial charge in [-0.15, -0.1) is 0 Å². The summed E-state index contributed by atoms with van der Waals surface area (Å²) in [6.07, 6.45) is 3.22. The summed E-state index contributed by atoms with van der Waals surface area (Å²) in [5.41, 5.74) is 0.424. The fourth-order valence-electron chi connectivity index (χ4n) is 1.67. The van der Waals surface area contributed by atoms with E-state index >= 15 is 0 Å². The van der Waals surface area contributed by atoms with Gasteiger partial charge in [0, 0.05) is 17.9 Å². The van der Waals surface area contributed by atoms with Gasteiger partial charge < -0.3 is 9.31 Å². The highest BCUT2D eigenvalue weighted by Crippen LogP contribution is 2.36. The molecular weight excluding hydrogens is 215 g/mol. The Balaban J connectivity index is 2.36. The molecule has 0 atom stereocenters. The zero-order valence-corrected chi connectivity index (χ0v) is 10.5. The lowest BCUT2D eigenvalue weighted by atomic mass is 9.77. The topological polar surface area (TPSA) is 55.1 Å². The van der Waals surface area contributed by atoms with Crippen LogP contribution in [0.4, 0.5) is 0 Å². The highest BCUT2D eigenvalue weighted by atomic mass is 16.7. The molecule has 1 aromatic rings. The van der Waals surface area contributed by atoms with E-state index in [1.807, 2.05) is 27.7 Å². The SMILES string of the molecule is CC1(C)OB(c2cnccc2C#N)OC1(C)C. The molecule has 0 amide bonds. The van der Waals surface area contributed by atoms with Gasteiger partial charge in [0.2, 0.25) is 0 Å². The summed E-state index contributed by atoms with van der Waals surface area (Å²) in [6, 6.07) is 3.79. The predicted octanol–water partition coefficient (Wildman–Crippen LogP) is 1.25. The molecule has 1 fully saturated rings. The second-order valence-corrected chi connectivity index (χ2v) is 5.16. The lowest BCUT2D eigenvalue weighted by Crippen LogP contribution is -2.41. The fourth-order valence-corrected chi connectivity index (χ4v) is 1.67. The van der Waals surface area contributed by atoms with Gasteiger partial charge in [-0.25, -0.2) is 0 Å². The van der Waals surface area contributed by atoms with Crippen LogP contribution in [0.2, 0.25) is 0 Å². The van der Waals surface area contributed by atoms with E-state index in [0.29, 0.717) is 11.0 Å². The molecule has 2 rings (SSSR count). The van der Waals surface area contributed by atoms with Gasteiger partial charge >= 0.3 is 7.12 Å². The first-order chi connectivity index (χ1) is 7.87. The van der Waals surface area contributed by atoms with Gasteiger partial charge in [0.15, 0.2) is 0 Å². The van der Waals surface area contributed by atoms with Crippen molar-refractivity contribution in [1.82, 2.24) is 4.98 Å². The van der Waals surface area contributed by atoms with E-state index in [-0.39, 0.29) is 0 Å². The number of hydrogen-bond donors (Lipinski definition) is 0. The first-order valence-electron chi connectivity index (χ1n) is 5.57. The van der Waals surface area contributed by atoms with E-state index in [4.69, 9.17) is 14.6 Å². The van der Waals surface area contributed by atoms with Gasteiger partial charge in [0.25, 0.3) is 0 Å². The Bertz CT molecular complexity index is 464. The standard InChI is InChI=1S/C12H15BN2O2/c1-11(2)12(3,4)17-13(16-11)10-8-15-6-5-9(10)7-14/h5-6,8H,1-4H3. The van der Waals surface area contributed by atoms with Gasteiger partial charge in [-0.1, -0.05) is 0 Å². The second kappa shape index (κ2) is 3.83. The highest BCUT2D eigenvalue weighted by molar-refractivity contribution is 6.62. The molecule has 88 valence electrons. The summed E-state index contributed by atoms with van der Waals surface area (Å²) in [7, 11) is -0.525. The molecule has 1 aromatic heterocycles. The van der Waals surface area contributed by atoms with E-state index in [0.717, 1.165) is 0 Å². The molecule has 0 bridgehead atoms. The largest absolute Gasteiger partial charge is 0.497 e. The molecule has 0 radical (unpaired) electrons. The normalized spacial score (nSPS) is 21.2. The number of nitriles is 1. The lowest BCUT2D eigenvalue weighted by Gasteiger charge is -2.32. The van der Waals surface area contributed by atoms with Crippen LogP contribution in [0.1, 0.15) is 33.3 Å². The maximum absolute atomic E-state index is 9.05. The van der Waals surface area contributed by atoms with Crippen LogP contribution < -0.4 is 5.46 Å². The van der Waals surface area contributed by atoms with Crippen molar-refractivity contribution in [2.75, 3.05) is 0 Å². The molecule has 1 aliphatic rings. The third-order valence-corrected chi connectivity index (χ3v) is 3.48. The maximum Gasteiger partial charge on any atom is 0.497 e. The fraction of sp³-hybridized carbons (Fsp3) is 0.500. The molecular formula is C12H15BN2O2. The molecule has 4 nitrogen and oxygen atoms in total. The molecule has 0 spiro atoms. The first-order valence-corrected chi connectivity index (χ1v) is 5.57. The molecule has 1 aliphatic heterocycles. The monoisotopic (exact) mass is 230 g/mol. The Morgan fingerprint density at radius 1 is 1.24 bits per heavy atom. The summed E-state index contributed by atoms with van der Waals surface area (Å²) < 4.78 is 11.8. The molecule has 17 heavy (non-hydrogen) atoms. The van der Waals surface area contributed by atoms with Gasteiger partial charge in [-0.2, -0.15) is 5.26 Å². The summed E-state index contributed by atoms with van der Waals surface area (Å²) in [5.74, 6) is 0. The summed E-state index contributed by atoms with van der Waals surface area (Å²) in [6.45, 7) is 7.93. The predicted molar refractivity (Wildman–Crippen MR) is 64.7 cm³/mol. The number of aromatic nitrogens is 1. The van der Waals surface area contributed by atoms with Crippen LogP contribution in [-0.2, 0) is 9.31 Å². The van der Waals surface area contributed by atoms with Crippen LogP contribution in [0.15, 0.2) is 18.5 Å². The van der Waals surface area contributed by atoms with E-state index in [1.165, 1.54) is 0 Å². The first kappa shape index (κ1) is 12.1. The number of nitrogens with zero attached hydrogens (tertiary/aromatic N) is 2. The van der Waals surface area contributed by atoms with Crippen LogP contribution >= 0.6 is 0 Å². The van der Waals surface area contributed by atoms with Crippen LogP contribution in [0.5, 0.6) is 0 Å². The maximum atomic E-state index is 9.05. The number of hydrogen-bond acceptors (Lipinski definition) is 4. The van der Waals surface area contributed by atoms with Crippen molar-refractivity contribution < 1.29 is 9.31 Å². The molecule has 2 heterocycles. The smallest absolute Gasteiger partial charge is 0.399 e. The van der Waals surface area contributed by atoms with Crippen molar-refractivity contribution in [3.8, 4) is 6.07 Å². The van der Waals surface area contributed by atoms with Gasteiger partial charge in [-0.05, 0) is 33.8 Å².